The van der Waals surface area contributed by atoms with E-state index in [2.05, 4.69) is 0 Å². The molecule has 0 saturated heterocycles. The van der Waals surface area contributed by atoms with E-state index in [1.807, 2.05) is 0 Å². The SMILES string of the molecule is CCS(=O)(=O)c1ccccc1C(=O)N(C)CC(C)(C)O. The molecule has 0 spiro atoms. The van der Waals surface area contributed by atoms with Gasteiger partial charge in [-0.25, -0.2) is 8.42 Å². The molecule has 1 amide bonds. The van der Waals surface area contributed by atoms with Crippen LogP contribution in [0.3, 0.4) is 0 Å². The second-order valence-corrected chi connectivity index (χ2v) is 7.62. The number of carbonyl (C=O) groups is 1. The number of sulfone groups is 1. The van der Waals surface area contributed by atoms with E-state index in [1.54, 1.807) is 26.0 Å². The van der Waals surface area contributed by atoms with E-state index in [0.717, 1.165) is 0 Å². The van der Waals surface area contributed by atoms with Crippen LogP contribution >= 0.6 is 0 Å². The van der Waals surface area contributed by atoms with Crippen LogP contribution in [0.5, 0.6) is 0 Å². The van der Waals surface area contributed by atoms with Crippen molar-refractivity contribution in [2.45, 2.75) is 31.3 Å². The standard InChI is InChI=1S/C14H21NO4S/c1-5-20(18,19)12-9-7-6-8-11(12)13(16)15(4)10-14(2,3)17/h6-9,17H,5,10H2,1-4H3. The smallest absolute Gasteiger partial charge is 0.255 e. The van der Waals surface area contributed by atoms with Gasteiger partial charge in [-0.1, -0.05) is 19.1 Å². The Morgan fingerprint density at radius 1 is 1.30 bits per heavy atom. The van der Waals surface area contributed by atoms with Gasteiger partial charge in [0.15, 0.2) is 9.84 Å². The number of likely N-dealkylation sites (N-methyl/N-ethyl adjacent to an activating group) is 1. The van der Waals surface area contributed by atoms with Gasteiger partial charge in [0.2, 0.25) is 0 Å². The molecule has 5 nitrogen and oxygen atoms in total. The molecule has 20 heavy (non-hydrogen) atoms. The maximum atomic E-state index is 12.4. The molecule has 0 atom stereocenters. The van der Waals surface area contributed by atoms with Crippen molar-refractivity contribution in [2.75, 3.05) is 19.3 Å². The minimum Gasteiger partial charge on any atom is -0.389 e. The van der Waals surface area contributed by atoms with Gasteiger partial charge in [-0.05, 0) is 26.0 Å². The molecule has 1 rings (SSSR count). The predicted octanol–water partition coefficient (Wildman–Crippen LogP) is 1.32. The quantitative estimate of drug-likeness (QED) is 0.890. The van der Waals surface area contributed by atoms with E-state index in [-0.39, 0.29) is 22.8 Å². The normalized spacial score (nSPS) is 12.2. The molecule has 0 saturated carbocycles. The van der Waals surface area contributed by atoms with Crippen LogP contribution in [0.25, 0.3) is 0 Å². The summed E-state index contributed by atoms with van der Waals surface area (Å²) in [7, 11) is -1.92. The van der Waals surface area contributed by atoms with Crippen LogP contribution in [0.2, 0.25) is 0 Å². The highest BCUT2D eigenvalue weighted by atomic mass is 32.2. The van der Waals surface area contributed by atoms with E-state index < -0.39 is 21.3 Å². The first-order valence-corrected chi connectivity index (χ1v) is 8.03. The number of carbonyl (C=O) groups excluding carboxylic acids is 1. The first kappa shape index (κ1) is 16.7. The molecule has 1 N–H and O–H groups in total. The minimum absolute atomic E-state index is 0.0371. The molecule has 0 unspecified atom stereocenters. The molecule has 0 aliphatic heterocycles. The van der Waals surface area contributed by atoms with Gasteiger partial charge in [0.05, 0.1) is 21.8 Å². The van der Waals surface area contributed by atoms with Crippen molar-refractivity contribution in [3.8, 4) is 0 Å². The lowest BCUT2D eigenvalue weighted by Gasteiger charge is -2.26. The summed E-state index contributed by atoms with van der Waals surface area (Å²) in [4.78, 5) is 13.7. The summed E-state index contributed by atoms with van der Waals surface area (Å²) in [6, 6.07) is 6.14. The summed E-state index contributed by atoms with van der Waals surface area (Å²) < 4.78 is 24.0. The fraction of sp³-hybridized carbons (Fsp3) is 0.500. The summed E-state index contributed by atoms with van der Waals surface area (Å²) in [6.07, 6.45) is 0. The molecule has 0 bridgehead atoms. The summed E-state index contributed by atoms with van der Waals surface area (Å²) in [6.45, 7) is 4.83. The minimum atomic E-state index is -3.46. The lowest BCUT2D eigenvalue weighted by molar-refractivity contribution is 0.0366. The van der Waals surface area contributed by atoms with Gasteiger partial charge < -0.3 is 10.0 Å². The number of aliphatic hydroxyl groups is 1. The van der Waals surface area contributed by atoms with Crippen LogP contribution in [0.4, 0.5) is 0 Å². The number of rotatable bonds is 5. The molecule has 1 aromatic carbocycles. The van der Waals surface area contributed by atoms with Crippen LogP contribution in [0, 0.1) is 0 Å². The fourth-order valence-electron chi connectivity index (χ4n) is 1.93. The van der Waals surface area contributed by atoms with Gasteiger partial charge in [0.1, 0.15) is 0 Å². The van der Waals surface area contributed by atoms with Crippen LogP contribution in [-0.4, -0.2) is 49.3 Å². The van der Waals surface area contributed by atoms with E-state index in [1.165, 1.54) is 31.0 Å². The average molecular weight is 299 g/mol. The van der Waals surface area contributed by atoms with Crippen LogP contribution < -0.4 is 0 Å². The molecule has 1 aromatic rings. The largest absolute Gasteiger partial charge is 0.389 e. The Morgan fingerprint density at radius 3 is 2.35 bits per heavy atom. The van der Waals surface area contributed by atoms with Gasteiger partial charge in [0, 0.05) is 13.6 Å². The van der Waals surface area contributed by atoms with Crippen LogP contribution in [0.15, 0.2) is 29.2 Å². The predicted molar refractivity (Wildman–Crippen MR) is 77.4 cm³/mol. The van der Waals surface area contributed by atoms with Crippen molar-refractivity contribution >= 4 is 15.7 Å². The molecular weight excluding hydrogens is 278 g/mol. The van der Waals surface area contributed by atoms with Gasteiger partial charge in [0.25, 0.3) is 5.91 Å². The third kappa shape index (κ3) is 4.05. The van der Waals surface area contributed by atoms with E-state index >= 15 is 0 Å². The molecular formula is C14H21NO4S. The van der Waals surface area contributed by atoms with Gasteiger partial charge >= 0.3 is 0 Å². The Morgan fingerprint density at radius 2 is 1.85 bits per heavy atom. The zero-order chi connectivity index (χ0) is 15.6. The van der Waals surface area contributed by atoms with Crippen molar-refractivity contribution in [3.63, 3.8) is 0 Å². The van der Waals surface area contributed by atoms with Crippen molar-refractivity contribution in [1.82, 2.24) is 4.90 Å². The Balaban J connectivity index is 3.18. The molecule has 112 valence electrons. The Kier molecular flexibility index (Phi) is 4.94. The second-order valence-electron chi connectivity index (χ2n) is 5.37. The summed E-state index contributed by atoms with van der Waals surface area (Å²) in [5, 5.41) is 9.75. The fourth-order valence-corrected chi connectivity index (χ4v) is 3.02. The maximum Gasteiger partial charge on any atom is 0.255 e. The Labute approximate surface area is 120 Å². The Bertz CT molecular complexity index is 587. The van der Waals surface area contributed by atoms with Crippen molar-refractivity contribution in [1.29, 1.82) is 0 Å². The average Bonchev–Trinajstić information content (AvgIpc) is 2.36. The summed E-state index contributed by atoms with van der Waals surface area (Å²) in [5.74, 6) is -0.480. The van der Waals surface area contributed by atoms with E-state index in [4.69, 9.17) is 0 Å². The molecule has 0 fully saturated rings. The molecule has 0 aromatic heterocycles. The van der Waals surface area contributed by atoms with Crippen LogP contribution in [-0.2, 0) is 9.84 Å². The monoisotopic (exact) mass is 299 g/mol. The zero-order valence-corrected chi connectivity index (χ0v) is 13.1. The summed E-state index contributed by atoms with van der Waals surface area (Å²) in [5.41, 5.74) is -0.899. The van der Waals surface area contributed by atoms with Crippen LogP contribution in [0.1, 0.15) is 31.1 Å². The Hall–Kier alpha value is -1.40. The zero-order valence-electron chi connectivity index (χ0n) is 12.3. The van der Waals surface area contributed by atoms with Crippen molar-refractivity contribution in [2.24, 2.45) is 0 Å². The highest BCUT2D eigenvalue weighted by molar-refractivity contribution is 7.91. The number of benzene rings is 1. The second kappa shape index (κ2) is 5.93. The van der Waals surface area contributed by atoms with Gasteiger partial charge in [-0.15, -0.1) is 0 Å². The molecule has 0 heterocycles. The number of amides is 1. The van der Waals surface area contributed by atoms with Gasteiger partial charge in [-0.2, -0.15) is 0 Å². The molecule has 0 aliphatic rings. The van der Waals surface area contributed by atoms with Crippen molar-refractivity contribution in [3.05, 3.63) is 29.8 Å². The maximum absolute atomic E-state index is 12.4. The van der Waals surface area contributed by atoms with Gasteiger partial charge in [-0.3, -0.25) is 4.79 Å². The topological polar surface area (TPSA) is 74.7 Å². The number of nitrogens with zero attached hydrogens (tertiary/aromatic N) is 1. The molecule has 0 radical (unpaired) electrons. The molecule has 0 aliphatic carbocycles. The summed E-state index contributed by atoms with van der Waals surface area (Å²) >= 11 is 0. The highest BCUT2D eigenvalue weighted by Gasteiger charge is 2.25. The first-order valence-electron chi connectivity index (χ1n) is 6.38. The van der Waals surface area contributed by atoms with E-state index in [9.17, 15) is 18.3 Å². The first-order chi connectivity index (χ1) is 9.08. The lowest BCUT2D eigenvalue weighted by atomic mass is 10.1. The lowest BCUT2D eigenvalue weighted by Crippen LogP contribution is -2.40. The number of hydrogen-bond donors (Lipinski definition) is 1. The van der Waals surface area contributed by atoms with E-state index in [0.29, 0.717) is 0 Å². The third-order valence-electron chi connectivity index (χ3n) is 2.80. The molecule has 6 heteroatoms. The third-order valence-corrected chi connectivity index (χ3v) is 4.59. The highest BCUT2D eigenvalue weighted by Crippen LogP contribution is 2.19. The number of hydrogen-bond acceptors (Lipinski definition) is 4. The van der Waals surface area contributed by atoms with Crippen molar-refractivity contribution < 1.29 is 18.3 Å².